The lowest BCUT2D eigenvalue weighted by atomic mass is 9.62. The summed E-state index contributed by atoms with van der Waals surface area (Å²) in [5.74, 6) is 1.38. The van der Waals surface area contributed by atoms with E-state index in [1.54, 1.807) is 4.90 Å². The Kier molecular flexibility index (Phi) is 3.18. The third kappa shape index (κ3) is 1.89. The van der Waals surface area contributed by atoms with E-state index in [1.165, 1.54) is 16.1 Å². The van der Waals surface area contributed by atoms with Crippen LogP contribution in [-0.2, 0) is 0 Å². The first-order chi connectivity index (χ1) is 10.9. The van der Waals surface area contributed by atoms with Crippen molar-refractivity contribution >= 4 is 23.5 Å². The van der Waals surface area contributed by atoms with Crippen molar-refractivity contribution < 1.29 is 9.90 Å². The Morgan fingerprint density at radius 1 is 1.35 bits per heavy atom. The van der Waals surface area contributed by atoms with Crippen molar-refractivity contribution in [1.82, 2.24) is 4.90 Å². The summed E-state index contributed by atoms with van der Waals surface area (Å²) >= 11 is 1.94. The lowest BCUT2D eigenvalue weighted by Crippen LogP contribution is -2.64. The first-order valence-corrected chi connectivity index (χ1v) is 9.36. The van der Waals surface area contributed by atoms with Gasteiger partial charge in [-0.25, -0.2) is 4.79 Å². The van der Waals surface area contributed by atoms with E-state index >= 15 is 0 Å². The van der Waals surface area contributed by atoms with E-state index in [4.69, 9.17) is 0 Å². The molecule has 0 spiro atoms. The highest BCUT2D eigenvalue weighted by Gasteiger charge is 2.60. The zero-order valence-corrected chi connectivity index (χ0v) is 14.8. The van der Waals surface area contributed by atoms with E-state index in [0.29, 0.717) is 13.1 Å². The second-order valence-electron chi connectivity index (χ2n) is 7.90. The number of hydrogen-bond donors (Lipinski definition) is 1. The highest BCUT2D eigenvalue weighted by Crippen LogP contribution is 2.61. The number of benzene rings is 1. The minimum atomic E-state index is -0.784. The number of carbonyl (C=O) groups is 1. The largest absolute Gasteiger partial charge is 0.465 e. The van der Waals surface area contributed by atoms with Crippen molar-refractivity contribution in [2.24, 2.45) is 5.41 Å². The van der Waals surface area contributed by atoms with Gasteiger partial charge in [-0.1, -0.05) is 32.9 Å². The third-order valence-electron chi connectivity index (χ3n) is 6.04. The number of thioether (sulfide) groups is 1. The van der Waals surface area contributed by atoms with Crippen LogP contribution in [0.5, 0.6) is 0 Å². The first kappa shape index (κ1) is 15.2. The van der Waals surface area contributed by atoms with Crippen LogP contribution in [0, 0.1) is 5.41 Å². The molecule has 1 fully saturated rings. The Labute approximate surface area is 141 Å². The Morgan fingerprint density at radius 3 is 2.83 bits per heavy atom. The number of rotatable bonds is 0. The predicted molar refractivity (Wildman–Crippen MR) is 93.7 cm³/mol. The van der Waals surface area contributed by atoms with Crippen LogP contribution in [0.4, 0.5) is 10.5 Å². The molecule has 4 rings (SSSR count). The summed E-state index contributed by atoms with van der Waals surface area (Å²) in [6.07, 6.45) is 0.125. The molecule has 0 saturated carbocycles. The number of amides is 1. The van der Waals surface area contributed by atoms with Crippen LogP contribution in [0.15, 0.2) is 23.1 Å². The molecule has 3 aliphatic rings. The van der Waals surface area contributed by atoms with E-state index in [9.17, 15) is 9.90 Å². The molecule has 4 nitrogen and oxygen atoms in total. The molecular weight excluding hydrogens is 308 g/mol. The van der Waals surface area contributed by atoms with Crippen LogP contribution >= 0.6 is 11.8 Å². The van der Waals surface area contributed by atoms with Crippen LogP contribution in [0.1, 0.15) is 38.7 Å². The fourth-order valence-electron chi connectivity index (χ4n) is 5.08. The van der Waals surface area contributed by atoms with E-state index in [0.717, 1.165) is 18.7 Å². The van der Waals surface area contributed by atoms with Crippen LogP contribution in [0.2, 0.25) is 0 Å². The van der Waals surface area contributed by atoms with Gasteiger partial charge >= 0.3 is 6.09 Å². The number of anilines is 1. The number of hydrogen-bond acceptors (Lipinski definition) is 3. The minimum Gasteiger partial charge on any atom is -0.465 e. The molecule has 1 aromatic carbocycles. The molecule has 1 amide bonds. The Bertz CT molecular complexity index is 669. The molecule has 23 heavy (non-hydrogen) atoms. The van der Waals surface area contributed by atoms with Crippen LogP contribution in [0.3, 0.4) is 0 Å². The zero-order chi connectivity index (χ0) is 16.4. The summed E-state index contributed by atoms with van der Waals surface area (Å²) in [5, 5.41) is 9.49. The van der Waals surface area contributed by atoms with Crippen LogP contribution in [-0.4, -0.2) is 47.0 Å². The van der Waals surface area contributed by atoms with Gasteiger partial charge in [0.05, 0.1) is 11.2 Å². The van der Waals surface area contributed by atoms with Gasteiger partial charge in [-0.2, -0.15) is 0 Å². The number of nitrogens with zero attached hydrogens (tertiary/aromatic N) is 2. The number of para-hydroxylation sites is 1. The van der Waals surface area contributed by atoms with Crippen molar-refractivity contribution in [2.45, 2.75) is 43.5 Å². The third-order valence-corrected chi connectivity index (χ3v) is 7.07. The quantitative estimate of drug-likeness (QED) is 0.783. The topological polar surface area (TPSA) is 43.8 Å². The molecule has 3 heterocycles. The average Bonchev–Trinajstić information content (AvgIpc) is 2.81. The molecule has 0 unspecified atom stereocenters. The SMILES string of the molecule is CC(C)(C)[C@]12CCN(C(=O)O)C[C@H]1c1cccc3c1N2CCS3. The van der Waals surface area contributed by atoms with Gasteiger partial charge in [0.25, 0.3) is 0 Å². The van der Waals surface area contributed by atoms with Gasteiger partial charge in [-0.05, 0) is 23.5 Å². The fraction of sp³-hybridized carbons (Fsp3) is 0.611. The molecule has 0 bridgehead atoms. The monoisotopic (exact) mass is 332 g/mol. The molecule has 1 aromatic rings. The number of likely N-dealkylation sites (tertiary alicyclic amines) is 1. The van der Waals surface area contributed by atoms with Gasteiger partial charge in [-0.15, -0.1) is 11.8 Å². The van der Waals surface area contributed by atoms with Crippen molar-refractivity contribution in [3.8, 4) is 0 Å². The van der Waals surface area contributed by atoms with Gasteiger partial charge < -0.3 is 14.9 Å². The Morgan fingerprint density at radius 2 is 2.13 bits per heavy atom. The molecule has 1 saturated heterocycles. The van der Waals surface area contributed by atoms with E-state index in [1.807, 2.05) is 11.8 Å². The summed E-state index contributed by atoms with van der Waals surface area (Å²) in [5.41, 5.74) is 2.87. The summed E-state index contributed by atoms with van der Waals surface area (Å²) in [7, 11) is 0. The average molecular weight is 332 g/mol. The molecule has 1 N–H and O–H groups in total. The van der Waals surface area contributed by atoms with Gasteiger partial charge in [0.15, 0.2) is 0 Å². The normalized spacial score (nSPS) is 29.3. The maximum atomic E-state index is 11.5. The van der Waals surface area contributed by atoms with Crippen LogP contribution in [0.25, 0.3) is 0 Å². The smallest absolute Gasteiger partial charge is 0.407 e. The highest BCUT2D eigenvalue weighted by molar-refractivity contribution is 7.99. The van der Waals surface area contributed by atoms with Gasteiger partial charge in [-0.3, -0.25) is 0 Å². The molecular formula is C18H24N2O2S. The maximum absolute atomic E-state index is 11.5. The lowest BCUT2D eigenvalue weighted by Gasteiger charge is -2.56. The van der Waals surface area contributed by atoms with Crippen molar-refractivity contribution in [1.29, 1.82) is 0 Å². The maximum Gasteiger partial charge on any atom is 0.407 e. The molecule has 124 valence electrons. The second kappa shape index (κ2) is 4.82. The summed E-state index contributed by atoms with van der Waals surface area (Å²) in [6.45, 7) is 9.28. The van der Waals surface area contributed by atoms with E-state index < -0.39 is 6.09 Å². The molecule has 3 aliphatic heterocycles. The van der Waals surface area contributed by atoms with E-state index in [-0.39, 0.29) is 16.9 Å². The summed E-state index contributed by atoms with van der Waals surface area (Å²) < 4.78 is 0. The summed E-state index contributed by atoms with van der Waals surface area (Å²) in [6, 6.07) is 6.59. The molecule has 2 atom stereocenters. The zero-order valence-electron chi connectivity index (χ0n) is 14.0. The minimum absolute atomic E-state index is 0.0262. The van der Waals surface area contributed by atoms with Crippen molar-refractivity contribution in [3.63, 3.8) is 0 Å². The van der Waals surface area contributed by atoms with Crippen molar-refractivity contribution in [2.75, 3.05) is 30.3 Å². The van der Waals surface area contributed by atoms with Gasteiger partial charge in [0.1, 0.15) is 0 Å². The number of fused-ring (bicyclic) bond motifs is 3. The Balaban J connectivity index is 1.90. The van der Waals surface area contributed by atoms with Gasteiger partial charge in [0.2, 0.25) is 0 Å². The van der Waals surface area contributed by atoms with E-state index in [2.05, 4.69) is 43.9 Å². The lowest BCUT2D eigenvalue weighted by molar-refractivity contribution is 0.0577. The van der Waals surface area contributed by atoms with Crippen LogP contribution < -0.4 is 4.90 Å². The second-order valence-corrected chi connectivity index (χ2v) is 9.04. The molecule has 5 heteroatoms. The highest BCUT2D eigenvalue weighted by atomic mass is 32.2. The van der Waals surface area contributed by atoms with Crippen molar-refractivity contribution in [3.05, 3.63) is 23.8 Å². The molecule has 0 aliphatic carbocycles. The Hall–Kier alpha value is -1.36. The standard InChI is InChI=1S/C18H24N2O2S/c1-17(2,3)18-7-8-19(16(21)22)11-13(18)12-5-4-6-14-15(12)20(18)9-10-23-14/h4-6,13H,7-11H2,1-3H3,(H,21,22)/t13-,18-/m0/s1. The predicted octanol–water partition coefficient (Wildman–Crippen LogP) is 3.86. The first-order valence-electron chi connectivity index (χ1n) is 8.37. The molecule has 0 radical (unpaired) electrons. The number of piperidine rings is 1. The van der Waals surface area contributed by atoms with Gasteiger partial charge in [0, 0.05) is 36.2 Å². The summed E-state index contributed by atoms with van der Waals surface area (Å²) in [4.78, 5) is 17.2. The number of carboxylic acid groups (broad SMARTS) is 1. The fourth-order valence-corrected chi connectivity index (χ4v) is 6.11. The molecule has 0 aromatic heterocycles.